The molecule has 0 spiro atoms. The first-order chi connectivity index (χ1) is 14.2. The first-order valence-electron chi connectivity index (χ1n) is 9.72. The van der Waals surface area contributed by atoms with Crippen LogP contribution in [-0.4, -0.2) is 22.5 Å². The van der Waals surface area contributed by atoms with Crippen molar-refractivity contribution >= 4 is 27.6 Å². The van der Waals surface area contributed by atoms with Crippen LogP contribution in [-0.2, 0) is 0 Å². The van der Waals surface area contributed by atoms with Gasteiger partial charge in [0.05, 0.1) is 5.52 Å². The van der Waals surface area contributed by atoms with Gasteiger partial charge < -0.3 is 15.2 Å². The van der Waals surface area contributed by atoms with Crippen LogP contribution < -0.4 is 10.1 Å². The summed E-state index contributed by atoms with van der Waals surface area (Å²) in [5.74, 6) is 1.43. The van der Waals surface area contributed by atoms with Crippen LogP contribution in [0.25, 0.3) is 21.7 Å². The zero-order valence-electron chi connectivity index (χ0n) is 16.2. The maximum atomic E-state index is 12.5. The number of hydrogen-bond donors (Lipinski definition) is 2. The second kappa shape index (κ2) is 8.19. The number of carbonyl (C=O) groups is 1. The number of phenols is 1. The van der Waals surface area contributed by atoms with E-state index in [4.69, 9.17) is 4.74 Å². The van der Waals surface area contributed by atoms with Gasteiger partial charge in [0.1, 0.15) is 17.2 Å². The average molecular weight is 386 g/mol. The summed E-state index contributed by atoms with van der Waals surface area (Å²) in [6.07, 6.45) is 3.66. The molecule has 0 atom stereocenters. The van der Waals surface area contributed by atoms with Gasteiger partial charge in [-0.1, -0.05) is 25.5 Å². The van der Waals surface area contributed by atoms with Gasteiger partial charge in [0.2, 0.25) is 0 Å². The lowest BCUT2D eigenvalue weighted by Crippen LogP contribution is -2.24. The SMILES string of the molecule is CCCCNC(=O)c1cccc2cc(Oc3ccnc4cc(O)ccc34)ccc12. The molecule has 0 saturated heterocycles. The van der Waals surface area contributed by atoms with Gasteiger partial charge in [-0.2, -0.15) is 0 Å². The normalized spacial score (nSPS) is 10.9. The number of carbonyl (C=O) groups excluding carboxylic acids is 1. The molecule has 0 aliphatic heterocycles. The number of pyridine rings is 1. The molecule has 1 aromatic heterocycles. The Hall–Kier alpha value is -3.60. The molecule has 0 unspecified atom stereocenters. The van der Waals surface area contributed by atoms with Crippen LogP contribution >= 0.6 is 0 Å². The van der Waals surface area contributed by atoms with E-state index in [0.29, 0.717) is 29.1 Å². The highest BCUT2D eigenvalue weighted by Gasteiger charge is 2.11. The van der Waals surface area contributed by atoms with E-state index in [2.05, 4.69) is 17.2 Å². The highest BCUT2D eigenvalue weighted by molar-refractivity contribution is 6.07. The first-order valence-corrected chi connectivity index (χ1v) is 9.72. The van der Waals surface area contributed by atoms with E-state index >= 15 is 0 Å². The number of phenolic OH excluding ortho intramolecular Hbond substituents is 1. The molecule has 0 aliphatic rings. The van der Waals surface area contributed by atoms with Crippen LogP contribution in [0.4, 0.5) is 0 Å². The third-order valence-corrected chi connectivity index (χ3v) is 4.83. The topological polar surface area (TPSA) is 71.5 Å². The number of nitrogens with zero attached hydrogens (tertiary/aromatic N) is 1. The maximum absolute atomic E-state index is 12.5. The lowest BCUT2D eigenvalue weighted by atomic mass is 10.0. The fraction of sp³-hybridized carbons (Fsp3) is 0.167. The highest BCUT2D eigenvalue weighted by Crippen LogP contribution is 2.32. The van der Waals surface area contributed by atoms with Crippen molar-refractivity contribution in [2.75, 3.05) is 6.54 Å². The molecule has 4 aromatic rings. The lowest BCUT2D eigenvalue weighted by molar-refractivity contribution is 0.0955. The van der Waals surface area contributed by atoms with Crippen molar-refractivity contribution in [1.82, 2.24) is 10.3 Å². The first kappa shape index (κ1) is 18.7. The largest absolute Gasteiger partial charge is 0.508 e. The van der Waals surface area contributed by atoms with E-state index in [9.17, 15) is 9.90 Å². The molecule has 0 radical (unpaired) electrons. The van der Waals surface area contributed by atoms with Gasteiger partial charge in [0.25, 0.3) is 5.91 Å². The Balaban J connectivity index is 1.64. The number of ether oxygens (including phenoxy) is 1. The summed E-state index contributed by atoms with van der Waals surface area (Å²) >= 11 is 0. The number of benzene rings is 3. The molecule has 146 valence electrons. The fourth-order valence-electron chi connectivity index (χ4n) is 3.32. The number of aromatic nitrogens is 1. The van der Waals surface area contributed by atoms with Crippen molar-refractivity contribution in [1.29, 1.82) is 0 Å². The second-order valence-electron chi connectivity index (χ2n) is 6.91. The van der Waals surface area contributed by atoms with Gasteiger partial charge in [-0.3, -0.25) is 9.78 Å². The molecule has 1 heterocycles. The van der Waals surface area contributed by atoms with Crippen molar-refractivity contribution in [2.24, 2.45) is 0 Å². The molecular formula is C24H22N2O3. The Morgan fingerprint density at radius 2 is 1.93 bits per heavy atom. The summed E-state index contributed by atoms with van der Waals surface area (Å²) in [5.41, 5.74) is 1.32. The third kappa shape index (κ3) is 3.99. The van der Waals surface area contributed by atoms with Crippen molar-refractivity contribution < 1.29 is 14.6 Å². The zero-order valence-corrected chi connectivity index (χ0v) is 16.2. The Labute approximate surface area is 169 Å². The van der Waals surface area contributed by atoms with Gasteiger partial charge in [-0.15, -0.1) is 0 Å². The predicted molar refractivity (Wildman–Crippen MR) is 115 cm³/mol. The van der Waals surface area contributed by atoms with Crippen LogP contribution in [0, 0.1) is 0 Å². The molecule has 3 aromatic carbocycles. The smallest absolute Gasteiger partial charge is 0.251 e. The van der Waals surface area contributed by atoms with Crippen LogP contribution in [0.1, 0.15) is 30.1 Å². The van der Waals surface area contributed by atoms with E-state index in [0.717, 1.165) is 29.0 Å². The van der Waals surface area contributed by atoms with Gasteiger partial charge in [-0.05, 0) is 59.7 Å². The monoisotopic (exact) mass is 386 g/mol. The Kier molecular flexibility index (Phi) is 5.29. The van der Waals surface area contributed by atoms with Gasteiger partial charge in [-0.25, -0.2) is 0 Å². The molecule has 5 heteroatoms. The fourth-order valence-corrected chi connectivity index (χ4v) is 3.32. The number of amides is 1. The van der Waals surface area contributed by atoms with Gasteiger partial charge in [0, 0.05) is 29.8 Å². The van der Waals surface area contributed by atoms with E-state index in [1.807, 2.05) is 36.4 Å². The summed E-state index contributed by atoms with van der Waals surface area (Å²) in [5, 5.41) is 15.3. The van der Waals surface area contributed by atoms with Crippen molar-refractivity contribution in [2.45, 2.75) is 19.8 Å². The van der Waals surface area contributed by atoms with Gasteiger partial charge >= 0.3 is 0 Å². The Morgan fingerprint density at radius 3 is 2.79 bits per heavy atom. The molecule has 4 rings (SSSR count). The summed E-state index contributed by atoms with van der Waals surface area (Å²) in [6, 6.07) is 18.2. The maximum Gasteiger partial charge on any atom is 0.251 e. The number of rotatable bonds is 6. The Bertz CT molecular complexity index is 1190. The van der Waals surface area contributed by atoms with Crippen LogP contribution in [0.3, 0.4) is 0 Å². The van der Waals surface area contributed by atoms with E-state index in [-0.39, 0.29) is 11.7 Å². The predicted octanol–water partition coefficient (Wildman–Crippen LogP) is 5.42. The summed E-state index contributed by atoms with van der Waals surface area (Å²) in [7, 11) is 0. The van der Waals surface area contributed by atoms with Crippen LogP contribution in [0.5, 0.6) is 17.2 Å². The third-order valence-electron chi connectivity index (χ3n) is 4.83. The standard InChI is InChI=1S/C24H22N2O3/c1-2-3-12-26-24(28)20-6-4-5-16-14-18(8-10-19(16)20)29-23-11-13-25-22-15-17(27)7-9-21(22)23/h4-11,13-15,27H,2-3,12H2,1H3,(H,26,28). The minimum absolute atomic E-state index is 0.0577. The van der Waals surface area contributed by atoms with E-state index in [1.165, 1.54) is 0 Å². The molecule has 29 heavy (non-hydrogen) atoms. The number of unbranched alkanes of at least 4 members (excludes halogenated alkanes) is 1. The zero-order chi connectivity index (χ0) is 20.2. The van der Waals surface area contributed by atoms with Gasteiger partial charge in [0.15, 0.2) is 0 Å². The molecular weight excluding hydrogens is 364 g/mol. The number of nitrogens with one attached hydrogen (secondary N) is 1. The number of hydrogen-bond acceptors (Lipinski definition) is 4. The Morgan fingerprint density at radius 1 is 1.07 bits per heavy atom. The molecule has 5 nitrogen and oxygen atoms in total. The van der Waals surface area contributed by atoms with Crippen LogP contribution in [0.15, 0.2) is 66.9 Å². The number of aromatic hydroxyl groups is 1. The highest BCUT2D eigenvalue weighted by atomic mass is 16.5. The van der Waals surface area contributed by atoms with Crippen LogP contribution in [0.2, 0.25) is 0 Å². The minimum atomic E-state index is -0.0577. The molecule has 0 saturated carbocycles. The van der Waals surface area contributed by atoms with E-state index in [1.54, 1.807) is 30.5 Å². The molecule has 0 fully saturated rings. The van der Waals surface area contributed by atoms with Crippen molar-refractivity contribution in [3.8, 4) is 17.2 Å². The summed E-state index contributed by atoms with van der Waals surface area (Å²) in [6.45, 7) is 2.78. The molecule has 0 bridgehead atoms. The second-order valence-corrected chi connectivity index (χ2v) is 6.91. The van der Waals surface area contributed by atoms with Crippen molar-refractivity contribution in [3.63, 3.8) is 0 Å². The van der Waals surface area contributed by atoms with E-state index < -0.39 is 0 Å². The lowest BCUT2D eigenvalue weighted by Gasteiger charge is -2.11. The molecule has 1 amide bonds. The molecule has 2 N–H and O–H groups in total. The molecule has 0 aliphatic carbocycles. The average Bonchev–Trinajstić information content (AvgIpc) is 2.73. The van der Waals surface area contributed by atoms with Crippen molar-refractivity contribution in [3.05, 3.63) is 72.4 Å². The summed E-state index contributed by atoms with van der Waals surface area (Å²) in [4.78, 5) is 16.8. The quantitative estimate of drug-likeness (QED) is 0.434. The summed E-state index contributed by atoms with van der Waals surface area (Å²) < 4.78 is 6.10. The number of fused-ring (bicyclic) bond motifs is 2. The minimum Gasteiger partial charge on any atom is -0.508 e.